The number of ether oxygens (including phenoxy) is 1. The van der Waals surface area contributed by atoms with Crippen molar-refractivity contribution < 1.29 is 9.26 Å². The molecule has 1 N–H and O–H groups in total. The maximum atomic E-state index is 5.45. The Morgan fingerprint density at radius 3 is 3.36 bits per heavy atom. The van der Waals surface area contributed by atoms with E-state index in [1.54, 1.807) is 6.07 Å². The first kappa shape index (κ1) is 6.67. The Hall–Kier alpha value is -1.03. The van der Waals surface area contributed by atoms with Crippen molar-refractivity contribution in [3.05, 3.63) is 12.3 Å². The number of nitrogens with zero attached hydrogens (tertiary/aromatic N) is 1. The minimum Gasteiger partial charge on any atom is -0.471 e. The van der Waals surface area contributed by atoms with Crippen molar-refractivity contribution in [3.63, 3.8) is 0 Å². The van der Waals surface area contributed by atoms with Crippen molar-refractivity contribution in [2.24, 2.45) is 0 Å². The van der Waals surface area contributed by atoms with E-state index in [1.807, 2.05) is 0 Å². The van der Waals surface area contributed by atoms with E-state index >= 15 is 0 Å². The average molecular weight is 154 g/mol. The number of aromatic nitrogens is 1. The molecule has 0 aromatic carbocycles. The fourth-order valence-electron chi connectivity index (χ4n) is 1.16. The summed E-state index contributed by atoms with van der Waals surface area (Å²) in [6.07, 6.45) is 2.82. The van der Waals surface area contributed by atoms with Gasteiger partial charge in [0.05, 0.1) is 0 Å². The minimum absolute atomic E-state index is 0.264. The predicted octanol–water partition coefficient (Wildman–Crippen LogP) is 0.415. The van der Waals surface area contributed by atoms with Gasteiger partial charge in [0.25, 0.3) is 5.88 Å². The molecule has 0 bridgehead atoms. The molecule has 0 saturated carbocycles. The predicted molar refractivity (Wildman–Crippen MR) is 38.4 cm³/mol. The van der Waals surface area contributed by atoms with Crippen LogP contribution >= 0.6 is 0 Å². The van der Waals surface area contributed by atoms with E-state index in [2.05, 4.69) is 15.0 Å². The highest BCUT2D eigenvalue weighted by molar-refractivity contribution is 5.03. The van der Waals surface area contributed by atoms with Gasteiger partial charge in [-0.05, 0) is 18.1 Å². The molecule has 0 radical (unpaired) electrons. The Morgan fingerprint density at radius 2 is 2.73 bits per heavy atom. The van der Waals surface area contributed by atoms with E-state index in [1.165, 1.54) is 6.26 Å². The van der Waals surface area contributed by atoms with Crippen molar-refractivity contribution in [2.45, 2.75) is 12.5 Å². The topological polar surface area (TPSA) is 47.3 Å². The fraction of sp³-hybridized carbons (Fsp3) is 0.571. The summed E-state index contributed by atoms with van der Waals surface area (Å²) in [7, 11) is 0. The summed E-state index contributed by atoms with van der Waals surface area (Å²) in [5.41, 5.74) is 0. The van der Waals surface area contributed by atoms with Crippen LogP contribution in [0.4, 0.5) is 0 Å². The highest BCUT2D eigenvalue weighted by Crippen LogP contribution is 2.10. The maximum Gasteiger partial charge on any atom is 0.254 e. The molecule has 2 heterocycles. The van der Waals surface area contributed by atoms with Crippen LogP contribution in [0, 0.1) is 0 Å². The SMILES string of the molecule is c1cc(OC2CCNC2)no1. The van der Waals surface area contributed by atoms with Gasteiger partial charge in [0.1, 0.15) is 12.4 Å². The number of rotatable bonds is 2. The minimum atomic E-state index is 0.264. The highest BCUT2D eigenvalue weighted by Gasteiger charge is 2.16. The fourth-order valence-corrected chi connectivity index (χ4v) is 1.16. The molecular weight excluding hydrogens is 144 g/mol. The molecule has 1 atom stereocenters. The molecule has 1 unspecified atom stereocenters. The summed E-state index contributed by atoms with van der Waals surface area (Å²) in [6.45, 7) is 1.94. The lowest BCUT2D eigenvalue weighted by Gasteiger charge is -2.07. The van der Waals surface area contributed by atoms with Gasteiger partial charge in [-0.15, -0.1) is 0 Å². The Kier molecular flexibility index (Phi) is 1.77. The van der Waals surface area contributed by atoms with Gasteiger partial charge in [-0.25, -0.2) is 0 Å². The van der Waals surface area contributed by atoms with Gasteiger partial charge in [-0.2, -0.15) is 0 Å². The van der Waals surface area contributed by atoms with E-state index in [9.17, 15) is 0 Å². The largest absolute Gasteiger partial charge is 0.471 e. The van der Waals surface area contributed by atoms with Gasteiger partial charge in [0.2, 0.25) is 0 Å². The van der Waals surface area contributed by atoms with Gasteiger partial charge in [-0.1, -0.05) is 0 Å². The van der Waals surface area contributed by atoms with Crippen molar-refractivity contribution in [1.82, 2.24) is 10.5 Å². The molecule has 4 heteroatoms. The lowest BCUT2D eigenvalue weighted by molar-refractivity contribution is 0.201. The highest BCUT2D eigenvalue weighted by atomic mass is 16.5. The molecule has 0 spiro atoms. The van der Waals surface area contributed by atoms with Crippen molar-refractivity contribution in [1.29, 1.82) is 0 Å². The van der Waals surface area contributed by atoms with Crippen LogP contribution in [-0.2, 0) is 0 Å². The first-order valence-electron chi connectivity index (χ1n) is 3.73. The lowest BCUT2D eigenvalue weighted by Crippen LogP contribution is -2.19. The molecule has 0 aliphatic carbocycles. The molecule has 4 nitrogen and oxygen atoms in total. The van der Waals surface area contributed by atoms with E-state index in [4.69, 9.17) is 4.74 Å². The zero-order valence-electron chi connectivity index (χ0n) is 6.12. The normalized spacial score (nSPS) is 23.8. The monoisotopic (exact) mass is 154 g/mol. The molecule has 1 fully saturated rings. The third-order valence-electron chi connectivity index (χ3n) is 1.72. The lowest BCUT2D eigenvalue weighted by atomic mass is 10.3. The molecule has 1 aromatic heterocycles. The van der Waals surface area contributed by atoms with E-state index in [0.29, 0.717) is 5.88 Å². The summed E-state index contributed by atoms with van der Waals surface area (Å²) in [5, 5.41) is 6.86. The smallest absolute Gasteiger partial charge is 0.254 e. The summed E-state index contributed by atoms with van der Waals surface area (Å²) in [5.74, 6) is 0.582. The second kappa shape index (κ2) is 2.92. The quantitative estimate of drug-likeness (QED) is 0.670. The van der Waals surface area contributed by atoms with Crippen LogP contribution in [0.3, 0.4) is 0 Å². The molecule has 60 valence electrons. The Bertz CT molecular complexity index is 204. The maximum absolute atomic E-state index is 5.45. The zero-order valence-corrected chi connectivity index (χ0v) is 6.12. The Morgan fingerprint density at radius 1 is 1.73 bits per heavy atom. The molecule has 11 heavy (non-hydrogen) atoms. The van der Waals surface area contributed by atoms with Gasteiger partial charge in [-0.3, -0.25) is 0 Å². The summed E-state index contributed by atoms with van der Waals surface area (Å²) >= 11 is 0. The van der Waals surface area contributed by atoms with Gasteiger partial charge < -0.3 is 14.6 Å². The second-order valence-electron chi connectivity index (χ2n) is 2.57. The standard InChI is InChI=1S/C7H10N2O2/c1-3-8-5-6(1)11-7-2-4-10-9-7/h2,4,6,8H,1,3,5H2. The third kappa shape index (κ3) is 1.51. The number of hydrogen-bond donors (Lipinski definition) is 1. The second-order valence-corrected chi connectivity index (χ2v) is 2.57. The van der Waals surface area contributed by atoms with E-state index < -0.39 is 0 Å². The van der Waals surface area contributed by atoms with Crippen LogP contribution < -0.4 is 10.1 Å². The van der Waals surface area contributed by atoms with Crippen molar-refractivity contribution in [2.75, 3.05) is 13.1 Å². The average Bonchev–Trinajstić information content (AvgIpc) is 2.60. The van der Waals surface area contributed by atoms with E-state index in [-0.39, 0.29) is 6.10 Å². The van der Waals surface area contributed by atoms with Crippen LogP contribution in [-0.4, -0.2) is 24.4 Å². The van der Waals surface area contributed by atoms with Gasteiger partial charge in [0, 0.05) is 12.6 Å². The molecular formula is C7H10N2O2. The van der Waals surface area contributed by atoms with Gasteiger partial charge >= 0.3 is 0 Å². The summed E-state index contributed by atoms with van der Waals surface area (Å²) in [4.78, 5) is 0. The van der Waals surface area contributed by atoms with Crippen LogP contribution in [0.15, 0.2) is 16.9 Å². The zero-order chi connectivity index (χ0) is 7.52. The van der Waals surface area contributed by atoms with Crippen molar-refractivity contribution in [3.8, 4) is 5.88 Å². The summed E-state index contributed by atoms with van der Waals surface area (Å²) in [6, 6.07) is 1.72. The molecule has 1 aliphatic rings. The molecule has 1 aromatic rings. The first-order chi connectivity index (χ1) is 5.45. The number of hydrogen-bond acceptors (Lipinski definition) is 4. The first-order valence-corrected chi connectivity index (χ1v) is 3.73. The van der Waals surface area contributed by atoms with E-state index in [0.717, 1.165) is 19.5 Å². The summed E-state index contributed by atoms with van der Waals surface area (Å²) < 4.78 is 10.1. The van der Waals surface area contributed by atoms with Gasteiger partial charge in [0.15, 0.2) is 0 Å². The molecule has 1 saturated heterocycles. The third-order valence-corrected chi connectivity index (χ3v) is 1.72. The van der Waals surface area contributed by atoms with Crippen LogP contribution in [0.5, 0.6) is 5.88 Å². The molecule has 1 aliphatic heterocycles. The Balaban J connectivity index is 1.90. The van der Waals surface area contributed by atoms with Crippen LogP contribution in [0.25, 0.3) is 0 Å². The van der Waals surface area contributed by atoms with Crippen LogP contribution in [0.1, 0.15) is 6.42 Å². The Labute approximate surface area is 64.5 Å². The molecule has 2 rings (SSSR count). The number of nitrogens with one attached hydrogen (secondary N) is 1. The molecule has 0 amide bonds. The van der Waals surface area contributed by atoms with Crippen LogP contribution in [0.2, 0.25) is 0 Å². The van der Waals surface area contributed by atoms with Crippen molar-refractivity contribution >= 4 is 0 Å².